The molecule has 2 N–H and O–H groups in total. The fourth-order valence-electron chi connectivity index (χ4n) is 7.49. The predicted molar refractivity (Wildman–Crippen MR) is 94.2 cm³/mol. The van der Waals surface area contributed by atoms with Crippen LogP contribution in [0.1, 0.15) is 71.6 Å². The molecule has 4 fully saturated rings. The molecule has 4 aliphatic rings. The lowest BCUT2D eigenvalue weighted by Crippen LogP contribution is -2.54. The van der Waals surface area contributed by atoms with Crippen LogP contribution in [0.4, 0.5) is 0 Å². The molecule has 0 aromatic carbocycles. The topological polar surface area (TPSA) is 83.8 Å². The third kappa shape index (κ3) is 2.88. The first-order valence-electron chi connectivity index (χ1n) is 9.97. The predicted octanol–water partition coefficient (Wildman–Crippen LogP) is 3.58. The van der Waals surface area contributed by atoms with Crippen molar-refractivity contribution < 1.29 is 22.3 Å². The van der Waals surface area contributed by atoms with E-state index in [0.29, 0.717) is 29.1 Å². The molecule has 0 bridgehead atoms. The van der Waals surface area contributed by atoms with E-state index in [1.54, 1.807) is 0 Å². The highest BCUT2D eigenvalue weighted by Gasteiger charge is 2.61. The van der Waals surface area contributed by atoms with E-state index in [9.17, 15) is 13.5 Å². The van der Waals surface area contributed by atoms with Crippen LogP contribution in [0.15, 0.2) is 0 Å². The van der Waals surface area contributed by atoms with Crippen molar-refractivity contribution in [3.63, 3.8) is 0 Å². The van der Waals surface area contributed by atoms with Gasteiger partial charge >= 0.3 is 10.4 Å². The zero-order valence-electron chi connectivity index (χ0n) is 15.4. The normalized spacial score (nSPS) is 53.0. The number of aliphatic hydroxyl groups is 1. The lowest BCUT2D eigenvalue weighted by Gasteiger charge is -2.60. The van der Waals surface area contributed by atoms with Crippen molar-refractivity contribution >= 4 is 10.4 Å². The van der Waals surface area contributed by atoms with Gasteiger partial charge in [-0.1, -0.05) is 13.8 Å². The summed E-state index contributed by atoms with van der Waals surface area (Å²) in [4.78, 5) is 0. The Balaban J connectivity index is 1.58. The van der Waals surface area contributed by atoms with Crippen LogP contribution in [-0.4, -0.2) is 30.3 Å². The zero-order valence-corrected chi connectivity index (χ0v) is 16.2. The summed E-state index contributed by atoms with van der Waals surface area (Å²) >= 11 is 0. The maximum atomic E-state index is 11.3. The van der Waals surface area contributed by atoms with Crippen molar-refractivity contribution in [1.82, 2.24) is 0 Å². The van der Waals surface area contributed by atoms with Gasteiger partial charge in [0.15, 0.2) is 0 Å². The van der Waals surface area contributed by atoms with Gasteiger partial charge in [0.25, 0.3) is 0 Å². The quantitative estimate of drug-likeness (QED) is 0.724. The van der Waals surface area contributed by atoms with E-state index in [1.807, 2.05) is 0 Å². The van der Waals surface area contributed by atoms with Crippen molar-refractivity contribution in [3.05, 3.63) is 0 Å². The smallest absolute Gasteiger partial charge is 0.393 e. The van der Waals surface area contributed by atoms with Crippen LogP contribution in [0.25, 0.3) is 0 Å². The van der Waals surface area contributed by atoms with Gasteiger partial charge in [0.05, 0.1) is 12.2 Å². The first-order chi connectivity index (χ1) is 11.6. The molecule has 0 unspecified atom stereocenters. The third-order valence-corrected chi connectivity index (χ3v) is 9.26. The van der Waals surface area contributed by atoms with Crippen molar-refractivity contribution in [2.45, 2.75) is 83.8 Å². The fraction of sp³-hybridized carbons (Fsp3) is 1.00. The summed E-state index contributed by atoms with van der Waals surface area (Å²) < 4.78 is 36.8. The van der Waals surface area contributed by atoms with Gasteiger partial charge in [-0.2, -0.15) is 8.42 Å². The molecule has 4 rings (SSSR count). The third-order valence-electron chi connectivity index (χ3n) is 8.79. The van der Waals surface area contributed by atoms with Crippen LogP contribution < -0.4 is 0 Å². The van der Waals surface area contributed by atoms with E-state index in [4.69, 9.17) is 8.74 Å². The molecule has 0 amide bonds. The Hall–Kier alpha value is -0.170. The molecule has 0 aromatic rings. The molecule has 0 radical (unpaired) electrons. The van der Waals surface area contributed by atoms with Gasteiger partial charge in [0.2, 0.25) is 0 Å². The molecule has 5 nitrogen and oxygen atoms in total. The number of hydrogen-bond donors (Lipinski definition) is 2. The molecule has 25 heavy (non-hydrogen) atoms. The average Bonchev–Trinajstić information content (AvgIpc) is 2.83. The highest BCUT2D eigenvalue weighted by atomic mass is 32.3. The molecule has 0 aliphatic heterocycles. The Kier molecular flexibility index (Phi) is 4.31. The number of rotatable bonds is 2. The van der Waals surface area contributed by atoms with E-state index in [2.05, 4.69) is 13.8 Å². The minimum absolute atomic E-state index is 0.123. The summed E-state index contributed by atoms with van der Waals surface area (Å²) in [5.41, 5.74) is 0.180. The fourth-order valence-corrected chi connectivity index (χ4v) is 8.10. The second kappa shape index (κ2) is 5.91. The van der Waals surface area contributed by atoms with Gasteiger partial charge in [-0.15, -0.1) is 0 Å². The minimum atomic E-state index is -4.39. The summed E-state index contributed by atoms with van der Waals surface area (Å²) in [6.07, 6.45) is 8.69. The van der Waals surface area contributed by atoms with Gasteiger partial charge in [0, 0.05) is 0 Å². The van der Waals surface area contributed by atoms with Gasteiger partial charge in [-0.05, 0) is 92.3 Å². The first-order valence-corrected chi connectivity index (χ1v) is 11.3. The van der Waals surface area contributed by atoms with Crippen molar-refractivity contribution in [2.75, 3.05) is 0 Å². The SMILES string of the molecule is C[C@]12CC[C@@H](O)C[C@H]1CC[C@@H]1[C@@H]2CC[C@]2(C)[C@@H](OS(=O)(=O)O)CC[C@@H]12. The summed E-state index contributed by atoms with van der Waals surface area (Å²) in [6.45, 7) is 4.62. The Bertz CT molecular complexity index is 634. The van der Waals surface area contributed by atoms with E-state index < -0.39 is 10.4 Å². The monoisotopic (exact) mass is 372 g/mol. The Labute approximate surface area is 151 Å². The molecule has 0 spiro atoms. The van der Waals surface area contributed by atoms with Crippen LogP contribution in [0.3, 0.4) is 0 Å². The van der Waals surface area contributed by atoms with E-state index in [0.717, 1.165) is 44.9 Å². The molecule has 0 saturated heterocycles. The van der Waals surface area contributed by atoms with Gasteiger partial charge < -0.3 is 5.11 Å². The van der Waals surface area contributed by atoms with Crippen molar-refractivity contribution in [2.24, 2.45) is 34.5 Å². The van der Waals surface area contributed by atoms with Crippen LogP contribution >= 0.6 is 0 Å². The van der Waals surface area contributed by atoms with E-state index in [-0.39, 0.29) is 17.6 Å². The number of fused-ring (bicyclic) bond motifs is 5. The molecule has 0 aromatic heterocycles. The second-order valence-electron chi connectivity index (χ2n) is 9.72. The molecular formula is C19H32O5S. The molecular weight excluding hydrogens is 340 g/mol. The summed E-state index contributed by atoms with van der Waals surface area (Å²) in [7, 11) is -4.39. The van der Waals surface area contributed by atoms with Gasteiger partial charge in [-0.25, -0.2) is 4.18 Å². The average molecular weight is 373 g/mol. The van der Waals surface area contributed by atoms with Crippen LogP contribution in [0, 0.1) is 34.5 Å². The second-order valence-corrected chi connectivity index (χ2v) is 10.8. The molecule has 6 heteroatoms. The summed E-state index contributed by atoms with van der Waals surface area (Å²) in [5.74, 6) is 2.43. The van der Waals surface area contributed by atoms with Crippen molar-refractivity contribution in [1.29, 1.82) is 0 Å². The largest absolute Gasteiger partial charge is 0.397 e. The Morgan fingerprint density at radius 1 is 0.920 bits per heavy atom. The molecule has 0 heterocycles. The van der Waals surface area contributed by atoms with Crippen LogP contribution in [0.2, 0.25) is 0 Å². The Morgan fingerprint density at radius 3 is 2.32 bits per heavy atom. The maximum Gasteiger partial charge on any atom is 0.397 e. The number of hydrogen-bond acceptors (Lipinski definition) is 4. The standard InChI is InChI=1S/C19H32O5S/c1-18-9-7-13(20)11-12(18)3-4-14-15-5-6-17(24-25(21,22)23)19(15,2)10-8-16(14)18/h12-17,20H,3-11H2,1-2H3,(H,21,22,23)/t12-,13-,14+,15+,16+,17+,18+,19+/m1/s1. The lowest BCUT2D eigenvalue weighted by atomic mass is 9.45. The van der Waals surface area contributed by atoms with Crippen LogP contribution in [-0.2, 0) is 14.6 Å². The van der Waals surface area contributed by atoms with E-state index in [1.165, 1.54) is 12.8 Å². The van der Waals surface area contributed by atoms with Crippen LogP contribution in [0.5, 0.6) is 0 Å². The highest BCUT2D eigenvalue weighted by molar-refractivity contribution is 7.80. The summed E-state index contributed by atoms with van der Waals surface area (Å²) in [6, 6.07) is 0. The number of aliphatic hydroxyl groups excluding tert-OH is 1. The lowest BCUT2D eigenvalue weighted by molar-refractivity contribution is -0.131. The molecule has 8 atom stereocenters. The highest BCUT2D eigenvalue weighted by Crippen LogP contribution is 2.66. The van der Waals surface area contributed by atoms with Gasteiger partial charge in [-0.3, -0.25) is 4.55 Å². The summed E-state index contributed by atoms with van der Waals surface area (Å²) in [5, 5.41) is 10.1. The minimum Gasteiger partial charge on any atom is -0.393 e. The molecule has 4 saturated carbocycles. The van der Waals surface area contributed by atoms with E-state index >= 15 is 0 Å². The first kappa shape index (κ1) is 18.2. The maximum absolute atomic E-state index is 11.3. The zero-order chi connectivity index (χ0) is 18.0. The molecule has 144 valence electrons. The van der Waals surface area contributed by atoms with Crippen molar-refractivity contribution in [3.8, 4) is 0 Å². The van der Waals surface area contributed by atoms with Gasteiger partial charge in [0.1, 0.15) is 0 Å². The Morgan fingerprint density at radius 2 is 1.60 bits per heavy atom. The molecule has 4 aliphatic carbocycles.